The first-order chi connectivity index (χ1) is 10.6. The molecular formula is C15H12N4OS2. The molecule has 110 valence electrons. The van der Waals surface area contributed by atoms with Gasteiger partial charge in [-0.1, -0.05) is 0 Å². The largest absolute Gasteiger partial charge is 0.383 e. The van der Waals surface area contributed by atoms with Crippen molar-refractivity contribution in [2.45, 2.75) is 12.8 Å². The number of hydrogen-bond donors (Lipinski definition) is 2. The number of nitrogen functional groups attached to an aromatic ring is 1. The molecule has 0 radical (unpaired) electrons. The van der Waals surface area contributed by atoms with E-state index in [2.05, 4.69) is 17.1 Å². The third-order valence-corrected chi connectivity index (χ3v) is 5.62. The summed E-state index contributed by atoms with van der Waals surface area (Å²) in [7, 11) is 0. The predicted molar refractivity (Wildman–Crippen MR) is 89.8 cm³/mol. The van der Waals surface area contributed by atoms with Crippen LogP contribution in [0.15, 0.2) is 23.7 Å². The zero-order chi connectivity index (χ0) is 15.7. The molecule has 1 amide bonds. The zero-order valence-electron chi connectivity index (χ0n) is 11.5. The minimum atomic E-state index is -0.508. The number of amides is 1. The summed E-state index contributed by atoms with van der Waals surface area (Å²) in [6.07, 6.45) is 2.67. The Balaban J connectivity index is 2.07. The molecule has 0 saturated carbocycles. The Labute approximate surface area is 134 Å². The molecule has 5 nitrogen and oxygen atoms in total. The molecule has 0 saturated heterocycles. The van der Waals surface area contributed by atoms with Gasteiger partial charge in [0, 0.05) is 27.8 Å². The number of pyridine rings is 1. The maximum atomic E-state index is 11.5. The standard InChI is InChI=1S/C15H12N4OS2/c16-3-1-2-8-4-11(21-7-8)12-5-9-13(22-12)10(15(18)20)6-19-14(9)17/h4-7H,1-2H2,(H2,17,19)(H2,18,20). The van der Waals surface area contributed by atoms with Gasteiger partial charge in [0.15, 0.2) is 0 Å². The first kappa shape index (κ1) is 14.5. The second-order valence-electron chi connectivity index (χ2n) is 4.75. The van der Waals surface area contributed by atoms with E-state index in [4.69, 9.17) is 16.7 Å². The molecular weight excluding hydrogens is 316 g/mol. The van der Waals surface area contributed by atoms with Crippen LogP contribution < -0.4 is 11.5 Å². The SMILES string of the molecule is N#CCCc1csc(-c2cc3c(N)ncc(C(N)=O)c3s2)c1. The number of carbonyl (C=O) groups excluding carboxylic acids is 1. The molecule has 0 aliphatic heterocycles. The maximum Gasteiger partial charge on any atom is 0.251 e. The van der Waals surface area contributed by atoms with Gasteiger partial charge in [0.1, 0.15) is 5.82 Å². The van der Waals surface area contributed by atoms with E-state index in [0.29, 0.717) is 17.8 Å². The van der Waals surface area contributed by atoms with Gasteiger partial charge in [0.2, 0.25) is 0 Å². The lowest BCUT2D eigenvalue weighted by Gasteiger charge is -1.99. The van der Waals surface area contributed by atoms with Gasteiger partial charge in [-0.15, -0.1) is 22.7 Å². The van der Waals surface area contributed by atoms with Crippen LogP contribution in [0.25, 0.3) is 19.8 Å². The molecule has 3 aromatic heterocycles. The van der Waals surface area contributed by atoms with Crippen molar-refractivity contribution in [2.24, 2.45) is 5.73 Å². The first-order valence-corrected chi connectivity index (χ1v) is 8.22. The minimum absolute atomic E-state index is 0.390. The molecule has 22 heavy (non-hydrogen) atoms. The average molecular weight is 328 g/mol. The van der Waals surface area contributed by atoms with Crippen molar-refractivity contribution in [3.8, 4) is 15.8 Å². The van der Waals surface area contributed by atoms with E-state index in [0.717, 1.165) is 31.8 Å². The second kappa shape index (κ2) is 5.75. The van der Waals surface area contributed by atoms with E-state index in [1.165, 1.54) is 17.5 Å². The molecule has 0 spiro atoms. The zero-order valence-corrected chi connectivity index (χ0v) is 13.1. The molecule has 0 aliphatic rings. The lowest BCUT2D eigenvalue weighted by atomic mass is 10.2. The quantitative estimate of drug-likeness (QED) is 0.767. The molecule has 3 heterocycles. The molecule has 3 aromatic rings. The van der Waals surface area contributed by atoms with Crippen LogP contribution in [0.1, 0.15) is 22.3 Å². The minimum Gasteiger partial charge on any atom is -0.383 e. The van der Waals surface area contributed by atoms with E-state index >= 15 is 0 Å². The van der Waals surface area contributed by atoms with E-state index in [9.17, 15) is 4.79 Å². The lowest BCUT2D eigenvalue weighted by molar-refractivity contribution is 0.100. The number of hydrogen-bond acceptors (Lipinski definition) is 6. The number of aromatic nitrogens is 1. The number of primary amides is 1. The van der Waals surface area contributed by atoms with Crippen LogP contribution in [-0.4, -0.2) is 10.9 Å². The van der Waals surface area contributed by atoms with Crippen molar-refractivity contribution in [2.75, 3.05) is 5.73 Å². The summed E-state index contributed by atoms with van der Waals surface area (Å²) in [4.78, 5) is 17.7. The Kier molecular flexibility index (Phi) is 3.79. The van der Waals surface area contributed by atoms with Crippen molar-refractivity contribution in [1.82, 2.24) is 4.98 Å². The second-order valence-corrected chi connectivity index (χ2v) is 6.72. The van der Waals surface area contributed by atoms with Crippen LogP contribution in [0.5, 0.6) is 0 Å². The molecule has 4 N–H and O–H groups in total. The Bertz CT molecular complexity index is 904. The number of thiophene rings is 2. The topological polar surface area (TPSA) is 106 Å². The van der Waals surface area contributed by atoms with Crippen molar-refractivity contribution < 1.29 is 4.79 Å². The third kappa shape index (κ3) is 2.54. The number of fused-ring (bicyclic) bond motifs is 1. The average Bonchev–Trinajstić information content (AvgIpc) is 3.12. The monoisotopic (exact) mass is 328 g/mol. The van der Waals surface area contributed by atoms with Gasteiger partial charge in [-0.3, -0.25) is 4.79 Å². The highest BCUT2D eigenvalue weighted by Gasteiger charge is 2.15. The van der Waals surface area contributed by atoms with Gasteiger partial charge in [0.25, 0.3) is 5.91 Å². The first-order valence-electron chi connectivity index (χ1n) is 6.52. The van der Waals surface area contributed by atoms with Crippen LogP contribution in [-0.2, 0) is 6.42 Å². The highest BCUT2D eigenvalue weighted by atomic mass is 32.1. The van der Waals surface area contributed by atoms with E-state index in [1.807, 2.05) is 11.4 Å². The van der Waals surface area contributed by atoms with Crippen molar-refractivity contribution in [3.63, 3.8) is 0 Å². The Morgan fingerprint density at radius 2 is 2.18 bits per heavy atom. The molecule has 0 aliphatic carbocycles. The molecule has 0 atom stereocenters. The van der Waals surface area contributed by atoms with Gasteiger partial charge in [-0.25, -0.2) is 4.98 Å². The summed E-state index contributed by atoms with van der Waals surface area (Å²) in [5.41, 5.74) is 12.8. The van der Waals surface area contributed by atoms with Crippen LogP contribution in [0.4, 0.5) is 5.82 Å². The molecule has 0 bridgehead atoms. The Morgan fingerprint density at radius 3 is 2.91 bits per heavy atom. The fraction of sp³-hybridized carbons (Fsp3) is 0.133. The van der Waals surface area contributed by atoms with Crippen LogP contribution in [0.3, 0.4) is 0 Å². The highest BCUT2D eigenvalue weighted by molar-refractivity contribution is 7.26. The molecule has 7 heteroatoms. The van der Waals surface area contributed by atoms with E-state index in [1.54, 1.807) is 11.3 Å². The number of aryl methyl sites for hydroxylation is 1. The lowest BCUT2D eigenvalue weighted by Crippen LogP contribution is -2.11. The summed E-state index contributed by atoms with van der Waals surface area (Å²) >= 11 is 3.09. The third-order valence-electron chi connectivity index (χ3n) is 3.27. The normalized spacial score (nSPS) is 10.7. The summed E-state index contributed by atoms with van der Waals surface area (Å²) in [5.74, 6) is -0.115. The van der Waals surface area contributed by atoms with Crippen LogP contribution in [0.2, 0.25) is 0 Å². The summed E-state index contributed by atoms with van der Waals surface area (Å²) in [6, 6.07) is 6.15. The molecule has 0 unspecified atom stereocenters. The molecule has 0 fully saturated rings. The van der Waals surface area contributed by atoms with Gasteiger partial charge in [-0.2, -0.15) is 5.26 Å². The number of carbonyl (C=O) groups is 1. The van der Waals surface area contributed by atoms with Gasteiger partial charge >= 0.3 is 0 Å². The Hall–Kier alpha value is -2.43. The Morgan fingerprint density at radius 1 is 1.36 bits per heavy atom. The summed E-state index contributed by atoms with van der Waals surface area (Å²) < 4.78 is 0.766. The van der Waals surface area contributed by atoms with Crippen molar-refractivity contribution >= 4 is 44.5 Å². The van der Waals surface area contributed by atoms with Crippen molar-refractivity contribution in [1.29, 1.82) is 5.26 Å². The van der Waals surface area contributed by atoms with E-state index < -0.39 is 5.91 Å². The molecule has 0 aromatic carbocycles. The van der Waals surface area contributed by atoms with Gasteiger partial charge in [0.05, 0.1) is 16.3 Å². The molecule has 3 rings (SSSR count). The number of nitrogens with zero attached hydrogens (tertiary/aromatic N) is 2. The highest BCUT2D eigenvalue weighted by Crippen LogP contribution is 2.39. The fourth-order valence-corrected chi connectivity index (χ4v) is 4.40. The van der Waals surface area contributed by atoms with Gasteiger partial charge < -0.3 is 11.5 Å². The van der Waals surface area contributed by atoms with Crippen LogP contribution in [0, 0.1) is 11.3 Å². The number of anilines is 1. The van der Waals surface area contributed by atoms with Gasteiger partial charge in [-0.05, 0) is 29.5 Å². The summed E-state index contributed by atoms with van der Waals surface area (Å²) in [6.45, 7) is 0. The number of rotatable bonds is 4. The van der Waals surface area contributed by atoms with Crippen molar-refractivity contribution in [3.05, 3.63) is 34.8 Å². The van der Waals surface area contributed by atoms with E-state index in [-0.39, 0.29) is 0 Å². The smallest absolute Gasteiger partial charge is 0.251 e. The summed E-state index contributed by atoms with van der Waals surface area (Å²) in [5, 5.41) is 11.5. The van der Waals surface area contributed by atoms with Crippen LogP contribution >= 0.6 is 22.7 Å². The number of nitrogens with two attached hydrogens (primary N) is 2. The fourth-order valence-electron chi connectivity index (χ4n) is 2.18. The predicted octanol–water partition coefficient (Wildman–Crippen LogP) is 3.16. The maximum absolute atomic E-state index is 11.5. The number of nitriles is 1.